The summed E-state index contributed by atoms with van der Waals surface area (Å²) >= 11 is 0. The first kappa shape index (κ1) is 12.2. The van der Waals surface area contributed by atoms with Gasteiger partial charge in [0, 0.05) is 25.6 Å². The van der Waals surface area contributed by atoms with Gasteiger partial charge in [-0.1, -0.05) is 5.21 Å². The summed E-state index contributed by atoms with van der Waals surface area (Å²) in [7, 11) is 0. The number of nitrogens with zero attached hydrogens (tertiary/aromatic N) is 3. The lowest BCUT2D eigenvalue weighted by atomic mass is 10.2. The topological polar surface area (TPSA) is 97.1 Å². The quantitative estimate of drug-likeness (QED) is 0.662. The lowest BCUT2D eigenvalue weighted by molar-refractivity contribution is -0.137. The number of carboxylic acid groups (broad SMARTS) is 1. The predicted molar refractivity (Wildman–Crippen MR) is 54.5 cm³/mol. The van der Waals surface area contributed by atoms with E-state index in [1.165, 1.54) is 0 Å². The first-order chi connectivity index (χ1) is 7.68. The molecule has 0 aliphatic carbocycles. The third-order valence-electron chi connectivity index (χ3n) is 1.93. The van der Waals surface area contributed by atoms with Gasteiger partial charge in [0.2, 0.25) is 5.91 Å². The molecule has 0 unspecified atom stereocenters. The van der Waals surface area contributed by atoms with Gasteiger partial charge in [0.1, 0.15) is 0 Å². The molecule has 0 aliphatic heterocycles. The Kier molecular flexibility index (Phi) is 4.97. The second-order valence-corrected chi connectivity index (χ2v) is 3.26. The molecule has 1 heterocycles. The molecule has 0 spiro atoms. The van der Waals surface area contributed by atoms with Crippen LogP contribution in [0, 0.1) is 0 Å². The highest BCUT2D eigenvalue weighted by molar-refractivity contribution is 5.76. The van der Waals surface area contributed by atoms with Crippen molar-refractivity contribution in [3.05, 3.63) is 12.4 Å². The molecule has 0 atom stereocenters. The number of carbonyl (C=O) groups is 2. The largest absolute Gasteiger partial charge is 0.481 e. The Morgan fingerprint density at radius 1 is 1.38 bits per heavy atom. The number of aromatic nitrogens is 3. The van der Waals surface area contributed by atoms with Crippen LogP contribution < -0.4 is 5.32 Å². The molecule has 2 N–H and O–H groups in total. The van der Waals surface area contributed by atoms with Crippen molar-refractivity contribution in [2.24, 2.45) is 0 Å². The third-order valence-corrected chi connectivity index (χ3v) is 1.93. The van der Waals surface area contributed by atoms with Gasteiger partial charge >= 0.3 is 5.97 Å². The van der Waals surface area contributed by atoms with E-state index in [1.807, 2.05) is 0 Å². The van der Waals surface area contributed by atoms with Crippen LogP contribution >= 0.6 is 0 Å². The number of hydrogen-bond donors (Lipinski definition) is 2. The van der Waals surface area contributed by atoms with E-state index in [2.05, 4.69) is 15.6 Å². The molecule has 0 aliphatic rings. The standard InChI is InChI=1S/C9H14N4O3/c14-8(2-1-3-9(15)16)10-4-6-13-7-5-11-12-13/h5,7H,1-4,6H2,(H,10,14)(H,15,16). The average Bonchev–Trinajstić information content (AvgIpc) is 2.70. The van der Waals surface area contributed by atoms with Crippen LogP contribution in [-0.2, 0) is 16.1 Å². The molecule has 88 valence electrons. The van der Waals surface area contributed by atoms with Crippen molar-refractivity contribution in [1.29, 1.82) is 0 Å². The van der Waals surface area contributed by atoms with Crippen molar-refractivity contribution in [3.63, 3.8) is 0 Å². The number of amides is 1. The SMILES string of the molecule is O=C(O)CCCC(=O)NCCn1ccnn1. The van der Waals surface area contributed by atoms with Crippen molar-refractivity contribution in [1.82, 2.24) is 20.3 Å². The first-order valence-electron chi connectivity index (χ1n) is 5.01. The van der Waals surface area contributed by atoms with E-state index >= 15 is 0 Å². The van der Waals surface area contributed by atoms with Gasteiger partial charge in [-0.25, -0.2) is 0 Å². The molecule has 0 saturated carbocycles. The Balaban J connectivity index is 2.04. The molecule has 1 amide bonds. The van der Waals surface area contributed by atoms with Crippen molar-refractivity contribution in [2.75, 3.05) is 6.54 Å². The molecule has 0 fully saturated rings. The fourth-order valence-electron chi connectivity index (χ4n) is 1.15. The number of carbonyl (C=O) groups excluding carboxylic acids is 1. The van der Waals surface area contributed by atoms with Gasteiger partial charge < -0.3 is 10.4 Å². The molecule has 1 aromatic heterocycles. The van der Waals surface area contributed by atoms with E-state index in [4.69, 9.17) is 5.11 Å². The molecule has 1 rings (SSSR count). The molecule has 1 aromatic rings. The Hall–Kier alpha value is -1.92. The van der Waals surface area contributed by atoms with Crippen LogP contribution in [0.25, 0.3) is 0 Å². The molecule has 0 aromatic carbocycles. The van der Waals surface area contributed by atoms with Crippen LogP contribution in [0.15, 0.2) is 12.4 Å². The summed E-state index contributed by atoms with van der Waals surface area (Å²) in [5.41, 5.74) is 0. The highest BCUT2D eigenvalue weighted by Crippen LogP contribution is 1.94. The number of hydrogen-bond acceptors (Lipinski definition) is 4. The van der Waals surface area contributed by atoms with Crippen molar-refractivity contribution < 1.29 is 14.7 Å². The van der Waals surface area contributed by atoms with E-state index in [0.29, 0.717) is 19.5 Å². The molecule has 0 saturated heterocycles. The molecule has 0 bridgehead atoms. The Labute approximate surface area is 92.4 Å². The second-order valence-electron chi connectivity index (χ2n) is 3.26. The molecule has 7 heteroatoms. The van der Waals surface area contributed by atoms with Gasteiger partial charge in [-0.2, -0.15) is 0 Å². The van der Waals surface area contributed by atoms with Gasteiger partial charge in [-0.05, 0) is 6.42 Å². The zero-order valence-electron chi connectivity index (χ0n) is 8.80. The summed E-state index contributed by atoms with van der Waals surface area (Å²) in [6.07, 6.45) is 3.90. The molecule has 7 nitrogen and oxygen atoms in total. The Morgan fingerprint density at radius 2 is 2.19 bits per heavy atom. The number of carboxylic acids is 1. The fourth-order valence-corrected chi connectivity index (χ4v) is 1.15. The Bertz CT molecular complexity index is 337. The fraction of sp³-hybridized carbons (Fsp3) is 0.556. The maximum absolute atomic E-state index is 11.2. The van der Waals surface area contributed by atoms with E-state index in [0.717, 1.165) is 0 Å². The zero-order valence-corrected chi connectivity index (χ0v) is 8.80. The first-order valence-corrected chi connectivity index (χ1v) is 5.01. The zero-order chi connectivity index (χ0) is 11.8. The van der Waals surface area contributed by atoms with Crippen LogP contribution in [0.1, 0.15) is 19.3 Å². The van der Waals surface area contributed by atoms with Gasteiger partial charge in [0.15, 0.2) is 0 Å². The third kappa shape index (κ3) is 5.08. The maximum atomic E-state index is 11.2. The summed E-state index contributed by atoms with van der Waals surface area (Å²) in [5, 5.41) is 18.4. The minimum absolute atomic E-state index is 0.0243. The van der Waals surface area contributed by atoms with Crippen LogP contribution in [-0.4, -0.2) is 38.5 Å². The van der Waals surface area contributed by atoms with Crippen LogP contribution in [0.4, 0.5) is 0 Å². The highest BCUT2D eigenvalue weighted by atomic mass is 16.4. The number of rotatable bonds is 7. The van der Waals surface area contributed by atoms with Crippen molar-refractivity contribution in [3.8, 4) is 0 Å². The van der Waals surface area contributed by atoms with Crippen LogP contribution in [0.3, 0.4) is 0 Å². The second kappa shape index (κ2) is 6.54. The maximum Gasteiger partial charge on any atom is 0.303 e. The van der Waals surface area contributed by atoms with Gasteiger partial charge in [-0.3, -0.25) is 14.3 Å². The van der Waals surface area contributed by atoms with E-state index in [-0.39, 0.29) is 18.7 Å². The molecule has 0 radical (unpaired) electrons. The lowest BCUT2D eigenvalue weighted by Gasteiger charge is -2.03. The summed E-state index contributed by atoms with van der Waals surface area (Å²) in [6.45, 7) is 1.03. The van der Waals surface area contributed by atoms with Gasteiger partial charge in [-0.15, -0.1) is 5.10 Å². The minimum Gasteiger partial charge on any atom is -0.481 e. The summed E-state index contributed by atoms with van der Waals surface area (Å²) in [4.78, 5) is 21.4. The Morgan fingerprint density at radius 3 is 2.81 bits per heavy atom. The minimum atomic E-state index is -0.879. The van der Waals surface area contributed by atoms with Gasteiger partial charge in [0.25, 0.3) is 0 Å². The predicted octanol–water partition coefficient (Wildman–Crippen LogP) is -0.351. The molecule has 16 heavy (non-hydrogen) atoms. The molecular weight excluding hydrogens is 212 g/mol. The van der Waals surface area contributed by atoms with Gasteiger partial charge in [0.05, 0.1) is 12.7 Å². The van der Waals surface area contributed by atoms with Crippen molar-refractivity contribution >= 4 is 11.9 Å². The van der Waals surface area contributed by atoms with Crippen LogP contribution in [0.2, 0.25) is 0 Å². The number of nitrogens with one attached hydrogen (secondary N) is 1. The van der Waals surface area contributed by atoms with E-state index in [9.17, 15) is 9.59 Å². The van der Waals surface area contributed by atoms with Crippen molar-refractivity contribution in [2.45, 2.75) is 25.8 Å². The van der Waals surface area contributed by atoms with E-state index < -0.39 is 5.97 Å². The van der Waals surface area contributed by atoms with Crippen LogP contribution in [0.5, 0.6) is 0 Å². The highest BCUT2D eigenvalue weighted by Gasteiger charge is 2.03. The average molecular weight is 226 g/mol. The normalized spacial score (nSPS) is 10.0. The summed E-state index contributed by atoms with van der Waals surface area (Å²) in [6, 6.07) is 0. The lowest BCUT2D eigenvalue weighted by Crippen LogP contribution is -2.27. The summed E-state index contributed by atoms with van der Waals surface area (Å²) in [5.74, 6) is -1.02. The molecular formula is C9H14N4O3. The van der Waals surface area contributed by atoms with E-state index in [1.54, 1.807) is 17.1 Å². The number of aliphatic carboxylic acids is 1. The monoisotopic (exact) mass is 226 g/mol. The smallest absolute Gasteiger partial charge is 0.303 e. The summed E-state index contributed by atoms with van der Waals surface area (Å²) < 4.78 is 1.61.